The number of para-hydroxylation sites is 1. The number of hydrogen-bond donors (Lipinski definition) is 1. The molecule has 0 unspecified atom stereocenters. The number of carbonyl (C=O) groups is 1. The number of rotatable bonds is 3. The standard InChI is InChI=1S/C12H12N2OS/c1-2-5-11(15)13-8-12-14-9-6-3-4-7-10(9)16-12/h2-7H,8H2,1H3,(H,13,15). The monoisotopic (exact) mass is 232 g/mol. The van der Waals surface area contributed by atoms with E-state index in [-0.39, 0.29) is 5.91 Å². The number of nitrogens with zero attached hydrogens (tertiary/aromatic N) is 1. The van der Waals surface area contributed by atoms with Crippen molar-refractivity contribution in [1.82, 2.24) is 10.3 Å². The van der Waals surface area contributed by atoms with Crippen molar-refractivity contribution in [2.24, 2.45) is 0 Å². The Bertz CT molecular complexity index is 498. The van der Waals surface area contributed by atoms with Gasteiger partial charge in [-0.1, -0.05) is 18.2 Å². The van der Waals surface area contributed by atoms with Crippen LogP contribution in [0.15, 0.2) is 36.4 Å². The molecule has 0 radical (unpaired) electrons. The van der Waals surface area contributed by atoms with Crippen LogP contribution in [0, 0.1) is 0 Å². The highest BCUT2D eigenvalue weighted by molar-refractivity contribution is 7.18. The first-order valence-electron chi connectivity index (χ1n) is 5.04. The molecular weight excluding hydrogens is 220 g/mol. The summed E-state index contributed by atoms with van der Waals surface area (Å²) in [6, 6.07) is 7.96. The Hall–Kier alpha value is -1.68. The van der Waals surface area contributed by atoms with Crippen LogP contribution in [0.4, 0.5) is 0 Å². The lowest BCUT2D eigenvalue weighted by molar-refractivity contribution is -0.116. The van der Waals surface area contributed by atoms with Gasteiger partial charge < -0.3 is 5.32 Å². The van der Waals surface area contributed by atoms with Gasteiger partial charge in [0.1, 0.15) is 5.01 Å². The summed E-state index contributed by atoms with van der Waals surface area (Å²) >= 11 is 1.61. The van der Waals surface area contributed by atoms with Crippen molar-refractivity contribution in [2.75, 3.05) is 0 Å². The second-order valence-electron chi connectivity index (χ2n) is 3.29. The molecule has 2 rings (SSSR count). The Morgan fingerprint density at radius 2 is 2.31 bits per heavy atom. The predicted molar refractivity (Wildman–Crippen MR) is 66.3 cm³/mol. The predicted octanol–water partition coefficient (Wildman–Crippen LogP) is 2.49. The highest BCUT2D eigenvalue weighted by Crippen LogP contribution is 2.21. The number of carbonyl (C=O) groups excluding carboxylic acids is 1. The fourth-order valence-corrected chi connectivity index (χ4v) is 2.28. The van der Waals surface area contributed by atoms with Crippen molar-refractivity contribution in [2.45, 2.75) is 13.5 Å². The van der Waals surface area contributed by atoms with Gasteiger partial charge in [-0.25, -0.2) is 4.98 Å². The average Bonchev–Trinajstić information content (AvgIpc) is 2.69. The summed E-state index contributed by atoms with van der Waals surface area (Å²) in [5, 5.41) is 3.71. The Kier molecular flexibility index (Phi) is 3.31. The van der Waals surface area contributed by atoms with Crippen LogP contribution in [0.2, 0.25) is 0 Å². The summed E-state index contributed by atoms with van der Waals surface area (Å²) in [6.07, 6.45) is 3.22. The smallest absolute Gasteiger partial charge is 0.243 e. The van der Waals surface area contributed by atoms with Gasteiger partial charge in [-0.3, -0.25) is 4.79 Å². The second kappa shape index (κ2) is 4.90. The van der Waals surface area contributed by atoms with Gasteiger partial charge in [0.2, 0.25) is 5.91 Å². The lowest BCUT2D eigenvalue weighted by atomic mass is 10.3. The van der Waals surface area contributed by atoms with Crippen LogP contribution < -0.4 is 5.32 Å². The molecule has 0 saturated carbocycles. The van der Waals surface area contributed by atoms with Gasteiger partial charge in [0, 0.05) is 0 Å². The van der Waals surface area contributed by atoms with E-state index in [1.165, 1.54) is 6.08 Å². The van der Waals surface area contributed by atoms with E-state index in [0.717, 1.165) is 15.2 Å². The largest absolute Gasteiger partial charge is 0.346 e. The van der Waals surface area contributed by atoms with E-state index in [1.807, 2.05) is 31.2 Å². The fraction of sp³-hybridized carbons (Fsp3) is 0.167. The molecule has 82 valence electrons. The first kappa shape index (κ1) is 10.8. The first-order valence-corrected chi connectivity index (χ1v) is 5.86. The van der Waals surface area contributed by atoms with Crippen molar-refractivity contribution in [3.8, 4) is 0 Å². The van der Waals surface area contributed by atoms with Gasteiger partial charge in [0.25, 0.3) is 0 Å². The zero-order chi connectivity index (χ0) is 11.4. The summed E-state index contributed by atoms with van der Waals surface area (Å²) in [5.74, 6) is -0.0817. The minimum Gasteiger partial charge on any atom is -0.346 e. The number of allylic oxidation sites excluding steroid dienone is 1. The number of hydrogen-bond acceptors (Lipinski definition) is 3. The van der Waals surface area contributed by atoms with E-state index in [4.69, 9.17) is 0 Å². The summed E-state index contributed by atoms with van der Waals surface area (Å²) < 4.78 is 1.15. The lowest BCUT2D eigenvalue weighted by Crippen LogP contribution is -2.19. The fourth-order valence-electron chi connectivity index (χ4n) is 1.37. The Morgan fingerprint density at radius 3 is 3.06 bits per heavy atom. The molecule has 0 bridgehead atoms. The molecule has 3 nitrogen and oxygen atoms in total. The third-order valence-electron chi connectivity index (χ3n) is 2.07. The molecule has 0 fully saturated rings. The summed E-state index contributed by atoms with van der Waals surface area (Å²) in [7, 11) is 0. The van der Waals surface area contributed by atoms with Crippen LogP contribution in [-0.2, 0) is 11.3 Å². The molecule has 0 aliphatic rings. The van der Waals surface area contributed by atoms with Crippen LogP contribution in [0.1, 0.15) is 11.9 Å². The van der Waals surface area contributed by atoms with E-state index >= 15 is 0 Å². The van der Waals surface area contributed by atoms with Crippen molar-refractivity contribution < 1.29 is 4.79 Å². The lowest BCUT2D eigenvalue weighted by Gasteiger charge is -1.96. The third kappa shape index (κ3) is 2.46. The molecule has 1 amide bonds. The van der Waals surface area contributed by atoms with E-state index < -0.39 is 0 Å². The molecule has 1 aromatic heterocycles. The van der Waals surface area contributed by atoms with Crippen molar-refractivity contribution in [1.29, 1.82) is 0 Å². The number of thiazole rings is 1. The Balaban J connectivity index is 2.07. The Morgan fingerprint density at radius 1 is 1.50 bits per heavy atom. The number of aromatic nitrogens is 1. The maximum absolute atomic E-state index is 11.2. The normalized spacial score (nSPS) is 11.1. The molecule has 0 saturated heterocycles. The van der Waals surface area contributed by atoms with E-state index in [9.17, 15) is 4.79 Å². The van der Waals surface area contributed by atoms with Crippen molar-refractivity contribution in [3.63, 3.8) is 0 Å². The molecule has 1 N–H and O–H groups in total. The van der Waals surface area contributed by atoms with Crippen LogP contribution in [0.5, 0.6) is 0 Å². The number of benzene rings is 1. The van der Waals surface area contributed by atoms with Crippen LogP contribution in [0.25, 0.3) is 10.2 Å². The summed E-state index contributed by atoms with van der Waals surface area (Å²) in [5.41, 5.74) is 0.989. The van der Waals surface area contributed by atoms with Gasteiger partial charge in [-0.05, 0) is 25.1 Å². The van der Waals surface area contributed by atoms with Gasteiger partial charge >= 0.3 is 0 Å². The molecule has 0 aliphatic carbocycles. The topological polar surface area (TPSA) is 42.0 Å². The van der Waals surface area contributed by atoms with E-state index in [0.29, 0.717) is 6.54 Å². The second-order valence-corrected chi connectivity index (χ2v) is 4.41. The minimum atomic E-state index is -0.0817. The Labute approximate surface area is 97.8 Å². The van der Waals surface area contributed by atoms with Crippen molar-refractivity contribution in [3.05, 3.63) is 41.4 Å². The number of fused-ring (bicyclic) bond motifs is 1. The van der Waals surface area contributed by atoms with E-state index in [2.05, 4.69) is 10.3 Å². The quantitative estimate of drug-likeness (QED) is 0.826. The van der Waals surface area contributed by atoms with Crippen molar-refractivity contribution >= 4 is 27.5 Å². The molecule has 0 atom stereocenters. The molecule has 16 heavy (non-hydrogen) atoms. The first-order chi connectivity index (χ1) is 7.79. The molecule has 2 aromatic rings. The van der Waals surface area contributed by atoms with Gasteiger partial charge in [-0.15, -0.1) is 11.3 Å². The van der Waals surface area contributed by atoms with Gasteiger partial charge in [-0.2, -0.15) is 0 Å². The maximum Gasteiger partial charge on any atom is 0.243 e. The molecule has 1 aromatic carbocycles. The average molecular weight is 232 g/mol. The SMILES string of the molecule is CC=CC(=O)NCc1nc2ccccc2s1. The zero-order valence-corrected chi connectivity index (χ0v) is 9.75. The molecule has 1 heterocycles. The molecular formula is C12H12N2OS. The summed E-state index contributed by atoms with van der Waals surface area (Å²) in [4.78, 5) is 15.6. The summed E-state index contributed by atoms with van der Waals surface area (Å²) in [6.45, 7) is 2.31. The molecule has 4 heteroatoms. The number of amides is 1. The number of nitrogens with one attached hydrogen (secondary N) is 1. The highest BCUT2D eigenvalue weighted by atomic mass is 32.1. The third-order valence-corrected chi connectivity index (χ3v) is 3.11. The van der Waals surface area contributed by atoms with Crippen LogP contribution in [0.3, 0.4) is 0 Å². The van der Waals surface area contributed by atoms with E-state index in [1.54, 1.807) is 17.4 Å². The highest BCUT2D eigenvalue weighted by Gasteiger charge is 2.03. The minimum absolute atomic E-state index is 0.0817. The maximum atomic E-state index is 11.2. The van der Waals surface area contributed by atoms with Gasteiger partial charge in [0.15, 0.2) is 0 Å². The molecule has 0 spiro atoms. The molecule has 0 aliphatic heterocycles. The zero-order valence-electron chi connectivity index (χ0n) is 8.93. The van der Waals surface area contributed by atoms with Gasteiger partial charge in [0.05, 0.1) is 16.8 Å². The van der Waals surface area contributed by atoms with Crippen LogP contribution >= 0.6 is 11.3 Å². The van der Waals surface area contributed by atoms with Crippen LogP contribution in [-0.4, -0.2) is 10.9 Å².